The Hall–Kier alpha value is -1.88. The summed E-state index contributed by atoms with van der Waals surface area (Å²) in [7, 11) is 0. The molecule has 0 unspecified atom stereocenters. The predicted octanol–water partition coefficient (Wildman–Crippen LogP) is 1.95. The normalized spacial score (nSPS) is 24.3. The average Bonchev–Trinajstić information content (AvgIpc) is 3.17. The van der Waals surface area contributed by atoms with Crippen LogP contribution in [0.5, 0.6) is 0 Å². The fraction of sp³-hybridized carbons (Fsp3) is 0.556. The minimum absolute atomic E-state index is 0.0240. The molecule has 0 aliphatic carbocycles. The molecule has 5 nitrogen and oxygen atoms in total. The van der Waals surface area contributed by atoms with Gasteiger partial charge in [0.15, 0.2) is 0 Å². The van der Waals surface area contributed by atoms with Crippen molar-refractivity contribution in [3.05, 3.63) is 29.3 Å². The molecule has 0 saturated carbocycles. The second kappa shape index (κ2) is 6.71. The van der Waals surface area contributed by atoms with Gasteiger partial charge in [-0.05, 0) is 43.9 Å². The zero-order chi connectivity index (χ0) is 16.4. The van der Waals surface area contributed by atoms with E-state index in [9.17, 15) is 9.59 Å². The summed E-state index contributed by atoms with van der Waals surface area (Å²) in [5.74, 6) is -0.290. The molecule has 124 valence electrons. The first kappa shape index (κ1) is 16.0. The lowest BCUT2D eigenvalue weighted by molar-refractivity contribution is -0.126. The minimum Gasteiger partial charge on any atom is -0.376 e. The van der Waals surface area contributed by atoms with Gasteiger partial charge in [-0.3, -0.25) is 9.59 Å². The van der Waals surface area contributed by atoms with E-state index < -0.39 is 0 Å². The highest BCUT2D eigenvalue weighted by atomic mass is 16.5. The van der Waals surface area contributed by atoms with Crippen molar-refractivity contribution >= 4 is 17.5 Å². The molecule has 0 bridgehead atoms. The Labute approximate surface area is 137 Å². The van der Waals surface area contributed by atoms with Crippen molar-refractivity contribution in [3.63, 3.8) is 0 Å². The number of aryl methyl sites for hydroxylation is 1. The maximum atomic E-state index is 12.3. The highest BCUT2D eigenvalue weighted by Crippen LogP contribution is 2.29. The summed E-state index contributed by atoms with van der Waals surface area (Å²) in [5.41, 5.74) is 3.17. The number of amides is 2. The van der Waals surface area contributed by atoms with Gasteiger partial charge in [-0.2, -0.15) is 0 Å². The molecule has 0 aromatic heterocycles. The second-order valence-corrected chi connectivity index (χ2v) is 6.50. The van der Waals surface area contributed by atoms with Crippen molar-refractivity contribution in [3.8, 4) is 0 Å². The Morgan fingerprint density at radius 3 is 2.96 bits per heavy atom. The molecule has 1 N–H and O–H groups in total. The van der Waals surface area contributed by atoms with Gasteiger partial charge in [0.2, 0.25) is 11.8 Å². The van der Waals surface area contributed by atoms with Crippen LogP contribution in [0.2, 0.25) is 0 Å². The van der Waals surface area contributed by atoms with Gasteiger partial charge < -0.3 is 15.0 Å². The number of ether oxygens (including phenoxy) is 1. The van der Waals surface area contributed by atoms with Crippen molar-refractivity contribution < 1.29 is 14.3 Å². The SMILES string of the molecule is Cc1cccc(N2C[C@H](C(=O)NC[C@@H]3CCCO3)CC2=O)c1C. The van der Waals surface area contributed by atoms with E-state index in [0.29, 0.717) is 13.1 Å². The van der Waals surface area contributed by atoms with Crippen LogP contribution in [0.25, 0.3) is 0 Å². The van der Waals surface area contributed by atoms with Crippen LogP contribution in [-0.2, 0) is 14.3 Å². The number of nitrogens with one attached hydrogen (secondary N) is 1. The first-order valence-electron chi connectivity index (χ1n) is 8.32. The third-order valence-electron chi connectivity index (χ3n) is 4.89. The van der Waals surface area contributed by atoms with Crippen LogP contribution in [0.4, 0.5) is 5.69 Å². The lowest BCUT2D eigenvalue weighted by Gasteiger charge is -2.20. The number of anilines is 1. The van der Waals surface area contributed by atoms with E-state index in [-0.39, 0.29) is 30.3 Å². The summed E-state index contributed by atoms with van der Waals surface area (Å²) >= 11 is 0. The third kappa shape index (κ3) is 3.39. The van der Waals surface area contributed by atoms with Crippen LogP contribution in [0, 0.1) is 19.8 Å². The molecule has 2 fully saturated rings. The van der Waals surface area contributed by atoms with Crippen LogP contribution < -0.4 is 10.2 Å². The van der Waals surface area contributed by atoms with E-state index in [4.69, 9.17) is 4.74 Å². The molecular weight excluding hydrogens is 292 g/mol. The molecule has 2 saturated heterocycles. The van der Waals surface area contributed by atoms with Crippen molar-refractivity contribution in [2.75, 3.05) is 24.6 Å². The zero-order valence-electron chi connectivity index (χ0n) is 13.8. The Bertz CT molecular complexity index is 608. The van der Waals surface area contributed by atoms with E-state index in [1.807, 2.05) is 32.0 Å². The molecule has 2 aliphatic heterocycles. The van der Waals surface area contributed by atoms with Gasteiger partial charge in [-0.25, -0.2) is 0 Å². The van der Waals surface area contributed by atoms with Gasteiger partial charge in [-0.15, -0.1) is 0 Å². The molecule has 3 rings (SSSR count). The standard InChI is InChI=1S/C18H24N2O3/c1-12-5-3-7-16(13(12)2)20-11-14(9-17(20)21)18(22)19-10-15-6-4-8-23-15/h3,5,7,14-15H,4,6,8-11H2,1-2H3,(H,19,22)/t14-,15+/m1/s1. The maximum Gasteiger partial charge on any atom is 0.227 e. The zero-order valence-corrected chi connectivity index (χ0v) is 13.8. The second-order valence-electron chi connectivity index (χ2n) is 6.50. The van der Waals surface area contributed by atoms with Crippen LogP contribution in [0.15, 0.2) is 18.2 Å². The number of nitrogens with zero attached hydrogens (tertiary/aromatic N) is 1. The highest BCUT2D eigenvalue weighted by Gasteiger charge is 2.36. The third-order valence-corrected chi connectivity index (χ3v) is 4.89. The summed E-state index contributed by atoms with van der Waals surface area (Å²) < 4.78 is 5.51. The molecule has 2 heterocycles. The summed E-state index contributed by atoms with van der Waals surface area (Å²) in [6, 6.07) is 5.94. The van der Waals surface area contributed by atoms with Crippen LogP contribution in [-0.4, -0.2) is 37.6 Å². The predicted molar refractivity (Wildman–Crippen MR) is 88.4 cm³/mol. The molecule has 1 aromatic carbocycles. The number of benzene rings is 1. The van der Waals surface area contributed by atoms with Gasteiger partial charge in [0, 0.05) is 31.8 Å². The Kier molecular flexibility index (Phi) is 4.66. The van der Waals surface area contributed by atoms with Crippen molar-refractivity contribution in [2.45, 2.75) is 39.2 Å². The van der Waals surface area contributed by atoms with E-state index >= 15 is 0 Å². The Morgan fingerprint density at radius 2 is 2.22 bits per heavy atom. The van der Waals surface area contributed by atoms with Gasteiger partial charge in [0.05, 0.1) is 12.0 Å². The van der Waals surface area contributed by atoms with Crippen LogP contribution >= 0.6 is 0 Å². The maximum absolute atomic E-state index is 12.3. The lowest BCUT2D eigenvalue weighted by atomic mass is 10.1. The van der Waals surface area contributed by atoms with E-state index in [0.717, 1.165) is 36.3 Å². The van der Waals surface area contributed by atoms with Gasteiger partial charge in [0.25, 0.3) is 0 Å². The molecule has 23 heavy (non-hydrogen) atoms. The number of hydrogen-bond donors (Lipinski definition) is 1. The highest BCUT2D eigenvalue weighted by molar-refractivity contribution is 6.00. The molecule has 0 spiro atoms. The Balaban J connectivity index is 1.62. The van der Waals surface area contributed by atoms with E-state index in [2.05, 4.69) is 5.32 Å². The summed E-state index contributed by atoms with van der Waals surface area (Å²) in [6.07, 6.45) is 2.47. The molecule has 0 radical (unpaired) electrons. The molecule has 5 heteroatoms. The van der Waals surface area contributed by atoms with E-state index in [1.54, 1.807) is 4.90 Å². The molecule has 1 aromatic rings. The molecule has 2 aliphatic rings. The summed E-state index contributed by atoms with van der Waals surface area (Å²) in [6.45, 7) is 5.84. The molecule has 2 amide bonds. The first-order chi connectivity index (χ1) is 11.1. The topological polar surface area (TPSA) is 58.6 Å². The van der Waals surface area contributed by atoms with E-state index in [1.165, 1.54) is 0 Å². The molecular formula is C18H24N2O3. The van der Waals surface area contributed by atoms with Gasteiger partial charge in [0.1, 0.15) is 0 Å². The van der Waals surface area contributed by atoms with Crippen molar-refractivity contribution in [1.29, 1.82) is 0 Å². The minimum atomic E-state index is -0.274. The van der Waals surface area contributed by atoms with Crippen LogP contribution in [0.3, 0.4) is 0 Å². The fourth-order valence-electron chi connectivity index (χ4n) is 3.31. The first-order valence-corrected chi connectivity index (χ1v) is 8.32. The Morgan fingerprint density at radius 1 is 1.39 bits per heavy atom. The largest absolute Gasteiger partial charge is 0.376 e. The smallest absolute Gasteiger partial charge is 0.227 e. The monoisotopic (exact) mass is 316 g/mol. The number of hydrogen-bond acceptors (Lipinski definition) is 3. The van der Waals surface area contributed by atoms with Crippen LogP contribution in [0.1, 0.15) is 30.4 Å². The number of rotatable bonds is 4. The fourth-order valence-corrected chi connectivity index (χ4v) is 3.31. The number of carbonyl (C=O) groups excluding carboxylic acids is 2. The van der Waals surface area contributed by atoms with Crippen molar-refractivity contribution in [1.82, 2.24) is 5.32 Å². The number of carbonyl (C=O) groups is 2. The lowest BCUT2D eigenvalue weighted by Crippen LogP contribution is -2.37. The summed E-state index contributed by atoms with van der Waals surface area (Å²) in [5, 5.41) is 2.94. The van der Waals surface area contributed by atoms with Gasteiger partial charge >= 0.3 is 0 Å². The quantitative estimate of drug-likeness (QED) is 0.924. The average molecular weight is 316 g/mol. The van der Waals surface area contributed by atoms with Gasteiger partial charge in [-0.1, -0.05) is 12.1 Å². The molecule has 2 atom stereocenters. The van der Waals surface area contributed by atoms with Crippen molar-refractivity contribution in [2.24, 2.45) is 5.92 Å². The summed E-state index contributed by atoms with van der Waals surface area (Å²) in [4.78, 5) is 26.4.